The highest BCUT2D eigenvalue weighted by Crippen LogP contribution is 2.69. The van der Waals surface area contributed by atoms with Gasteiger partial charge in [0, 0.05) is 19.4 Å². The quantitative estimate of drug-likeness (QED) is 0.0599. The Morgan fingerprint density at radius 2 is 2.10 bits per heavy atom. The molecule has 1 aliphatic carbocycles. The average molecular weight is 431 g/mol. The molecular formula is C19H33B2N6O4. The number of carbonyl (C=O) groups excluding carboxylic acids is 2. The Bertz CT molecular complexity index is 698. The number of rotatable bonds is 10. The molecule has 1 spiro atoms. The Morgan fingerprint density at radius 3 is 2.84 bits per heavy atom. The molecule has 0 aromatic rings. The van der Waals surface area contributed by atoms with E-state index < -0.39 is 17.5 Å². The maximum absolute atomic E-state index is 12.6. The molecule has 5 unspecified atom stereocenters. The molecule has 3 aliphatic rings. The average Bonchev–Trinajstić information content (AvgIpc) is 3.35. The molecular weight excluding hydrogens is 398 g/mol. The lowest BCUT2D eigenvalue weighted by atomic mass is 9.60. The number of carbonyl (C=O) groups is 2. The molecule has 0 aromatic carbocycles. The second kappa shape index (κ2) is 10.1. The zero-order valence-electron chi connectivity index (χ0n) is 18.2. The first-order valence-electron chi connectivity index (χ1n) is 11.1. The molecule has 2 heterocycles. The molecule has 7 N–H and O–H groups in total. The van der Waals surface area contributed by atoms with Crippen LogP contribution in [-0.4, -0.2) is 64.2 Å². The van der Waals surface area contributed by atoms with E-state index in [2.05, 4.69) is 28.5 Å². The van der Waals surface area contributed by atoms with E-state index in [1.807, 2.05) is 6.92 Å². The van der Waals surface area contributed by atoms with E-state index in [1.165, 1.54) is 0 Å². The summed E-state index contributed by atoms with van der Waals surface area (Å²) in [4.78, 5) is 23.9. The Morgan fingerprint density at radius 1 is 1.32 bits per heavy atom. The van der Waals surface area contributed by atoms with Crippen LogP contribution in [0.2, 0.25) is 5.31 Å². The lowest BCUT2D eigenvalue weighted by Gasteiger charge is -2.47. The lowest BCUT2D eigenvalue weighted by Crippen LogP contribution is -2.55. The number of ether oxygens (including phenoxy) is 2. The second-order valence-corrected chi connectivity index (χ2v) is 8.78. The SMILES string of the molecule is [B]C12[B]C13CCC(CC/C(N)=N/NN)CC3CC(C(=O)OCCCOC(=O)NCC)N2. The van der Waals surface area contributed by atoms with E-state index in [9.17, 15) is 9.59 Å². The molecule has 1 saturated carbocycles. The number of hydrogen-bond acceptors (Lipinski definition) is 8. The molecule has 0 bridgehead atoms. The smallest absolute Gasteiger partial charge is 0.407 e. The van der Waals surface area contributed by atoms with E-state index in [0.29, 0.717) is 43.5 Å². The van der Waals surface area contributed by atoms with Crippen LogP contribution < -0.4 is 27.7 Å². The van der Waals surface area contributed by atoms with Gasteiger partial charge in [0.2, 0.25) is 0 Å². The lowest BCUT2D eigenvalue weighted by molar-refractivity contribution is -0.148. The molecule has 3 radical (unpaired) electrons. The summed E-state index contributed by atoms with van der Waals surface area (Å²) in [7, 11) is 8.74. The number of hydrogen-bond donors (Lipinski definition) is 5. The fourth-order valence-electron chi connectivity index (χ4n) is 5.20. The number of hydrazone groups is 1. The zero-order valence-corrected chi connectivity index (χ0v) is 18.2. The highest BCUT2D eigenvalue weighted by atomic mass is 16.6. The summed E-state index contributed by atoms with van der Waals surface area (Å²) in [6.45, 7) is 2.72. The number of piperidine rings is 1. The van der Waals surface area contributed by atoms with Crippen molar-refractivity contribution in [2.45, 2.75) is 68.6 Å². The van der Waals surface area contributed by atoms with Crippen molar-refractivity contribution in [3.05, 3.63) is 0 Å². The van der Waals surface area contributed by atoms with Crippen LogP contribution in [0.25, 0.3) is 0 Å². The Kier molecular flexibility index (Phi) is 7.74. The first kappa shape index (κ1) is 23.7. The molecule has 3 fully saturated rings. The summed E-state index contributed by atoms with van der Waals surface area (Å²) < 4.78 is 10.4. The molecule has 169 valence electrons. The fraction of sp³-hybridized carbons (Fsp3) is 0.842. The summed E-state index contributed by atoms with van der Waals surface area (Å²) in [5, 5.41) is 9.03. The van der Waals surface area contributed by atoms with E-state index in [-0.39, 0.29) is 24.5 Å². The molecule has 1 amide bonds. The maximum atomic E-state index is 12.6. The van der Waals surface area contributed by atoms with Gasteiger partial charge >= 0.3 is 12.1 Å². The van der Waals surface area contributed by atoms with Gasteiger partial charge in [-0.25, -0.2) is 16.2 Å². The number of esters is 1. The molecule has 12 heteroatoms. The molecule has 31 heavy (non-hydrogen) atoms. The van der Waals surface area contributed by atoms with Gasteiger partial charge < -0.3 is 25.8 Å². The number of alkyl carbamates (subject to hydrolysis) is 1. The van der Waals surface area contributed by atoms with E-state index in [0.717, 1.165) is 25.7 Å². The minimum Gasteiger partial charge on any atom is -0.464 e. The summed E-state index contributed by atoms with van der Waals surface area (Å²) in [6, 6.07) is -0.432. The van der Waals surface area contributed by atoms with Gasteiger partial charge in [0.05, 0.1) is 21.1 Å². The van der Waals surface area contributed by atoms with Gasteiger partial charge in [-0.3, -0.25) is 4.79 Å². The van der Waals surface area contributed by atoms with Gasteiger partial charge in [0.1, 0.15) is 19.2 Å². The number of nitrogens with two attached hydrogens (primary N) is 2. The van der Waals surface area contributed by atoms with Crippen molar-refractivity contribution in [1.29, 1.82) is 0 Å². The van der Waals surface area contributed by atoms with E-state index in [4.69, 9.17) is 28.9 Å². The van der Waals surface area contributed by atoms with Crippen molar-refractivity contribution in [3.8, 4) is 0 Å². The van der Waals surface area contributed by atoms with Gasteiger partial charge in [0.15, 0.2) is 0 Å². The number of nitrogens with one attached hydrogen (secondary N) is 3. The van der Waals surface area contributed by atoms with Gasteiger partial charge in [-0.05, 0) is 43.4 Å². The Hall–Kier alpha value is -1.94. The third-order valence-electron chi connectivity index (χ3n) is 6.81. The van der Waals surface area contributed by atoms with Gasteiger partial charge in [0.25, 0.3) is 0 Å². The second-order valence-electron chi connectivity index (χ2n) is 8.78. The van der Waals surface area contributed by atoms with Crippen molar-refractivity contribution in [3.63, 3.8) is 0 Å². The predicted octanol–water partition coefficient (Wildman–Crippen LogP) is -0.341. The molecule has 5 atom stereocenters. The highest BCUT2D eigenvalue weighted by molar-refractivity contribution is 6.72. The third-order valence-corrected chi connectivity index (χ3v) is 6.81. The fourth-order valence-corrected chi connectivity index (χ4v) is 5.20. The normalized spacial score (nSPS) is 33.9. The summed E-state index contributed by atoms with van der Waals surface area (Å²) in [5.74, 6) is 6.22. The Labute approximate surface area is 185 Å². The van der Waals surface area contributed by atoms with Gasteiger partial charge in [-0.1, -0.05) is 18.2 Å². The Balaban J connectivity index is 1.45. The van der Waals surface area contributed by atoms with Crippen molar-refractivity contribution in [1.82, 2.24) is 16.2 Å². The number of nitrogens with zero attached hydrogens (tertiary/aromatic N) is 1. The number of amides is 1. The maximum Gasteiger partial charge on any atom is 0.407 e. The zero-order chi connectivity index (χ0) is 22.5. The highest BCUT2D eigenvalue weighted by Gasteiger charge is 2.71. The third kappa shape index (κ3) is 5.46. The first-order chi connectivity index (χ1) is 14.8. The van der Waals surface area contributed by atoms with E-state index in [1.54, 1.807) is 0 Å². The van der Waals surface area contributed by atoms with Gasteiger partial charge in [-0.15, -0.1) is 0 Å². The van der Waals surface area contributed by atoms with Crippen LogP contribution in [0.4, 0.5) is 4.79 Å². The van der Waals surface area contributed by atoms with Crippen LogP contribution in [0.5, 0.6) is 0 Å². The molecule has 3 rings (SSSR count). The number of hydrazine groups is 1. The van der Waals surface area contributed by atoms with Crippen LogP contribution in [0.3, 0.4) is 0 Å². The van der Waals surface area contributed by atoms with Crippen LogP contribution >= 0.6 is 0 Å². The van der Waals surface area contributed by atoms with Crippen molar-refractivity contribution >= 4 is 33.0 Å². The topological polar surface area (TPSA) is 153 Å². The minimum absolute atomic E-state index is 0.0286. The molecule has 0 aromatic heterocycles. The van der Waals surface area contributed by atoms with Crippen molar-refractivity contribution in [2.24, 2.45) is 28.5 Å². The monoisotopic (exact) mass is 431 g/mol. The first-order valence-corrected chi connectivity index (χ1v) is 11.1. The van der Waals surface area contributed by atoms with Crippen LogP contribution in [0, 0.1) is 11.8 Å². The summed E-state index contributed by atoms with van der Waals surface area (Å²) in [5.41, 5.74) is 8.06. The predicted molar refractivity (Wildman–Crippen MR) is 118 cm³/mol. The van der Waals surface area contributed by atoms with Crippen LogP contribution in [0.15, 0.2) is 5.10 Å². The number of amidine groups is 1. The minimum atomic E-state index is -0.601. The largest absolute Gasteiger partial charge is 0.464 e. The van der Waals surface area contributed by atoms with E-state index >= 15 is 0 Å². The standard InChI is InChI=1S/C19H33B2N6O4/c1-2-24-17(29)31-9-3-8-30-16(28)14-11-13-10-12(4-5-15(22)26-27-23)6-7-18(13)19(20,21-18)25-14/h12-14,25,27H,2-11,23H2,1H3,(H2,22,26)(H,24,29). The molecule has 2 saturated heterocycles. The molecule has 10 nitrogen and oxygen atoms in total. The summed E-state index contributed by atoms with van der Waals surface area (Å²) >= 11 is 0. The molecule has 2 aliphatic heterocycles. The summed E-state index contributed by atoms with van der Waals surface area (Å²) in [6.07, 6.45) is 5.41. The van der Waals surface area contributed by atoms with Crippen LogP contribution in [-0.2, 0) is 14.3 Å². The van der Waals surface area contributed by atoms with Crippen molar-refractivity contribution in [2.75, 3.05) is 19.8 Å². The van der Waals surface area contributed by atoms with Gasteiger partial charge in [-0.2, -0.15) is 5.10 Å². The van der Waals surface area contributed by atoms with Crippen molar-refractivity contribution < 1.29 is 19.1 Å². The van der Waals surface area contributed by atoms with Crippen LogP contribution in [0.1, 0.15) is 51.9 Å².